The summed E-state index contributed by atoms with van der Waals surface area (Å²) >= 11 is 0. The zero-order valence-corrected chi connectivity index (χ0v) is 16.9. The van der Waals surface area contributed by atoms with Crippen LogP contribution in [0.4, 0.5) is 0 Å². The van der Waals surface area contributed by atoms with E-state index in [4.69, 9.17) is 4.42 Å². The molecule has 1 aromatic heterocycles. The summed E-state index contributed by atoms with van der Waals surface area (Å²) in [6.07, 6.45) is 0.846. The fourth-order valence-corrected chi connectivity index (χ4v) is 4.18. The smallest absolute Gasteiger partial charge is 0.290 e. The molecule has 1 aliphatic rings. The third kappa shape index (κ3) is 3.47. The highest BCUT2D eigenvalue weighted by molar-refractivity contribution is 5.99. The molecule has 0 saturated carbocycles. The van der Waals surface area contributed by atoms with Crippen LogP contribution < -0.4 is 5.43 Å². The number of carbonyl (C=O) groups excluding carboxylic acids is 1. The highest BCUT2D eigenvalue weighted by Crippen LogP contribution is 2.38. The van der Waals surface area contributed by atoms with Gasteiger partial charge in [0.15, 0.2) is 5.43 Å². The maximum Gasteiger partial charge on any atom is 0.290 e. The number of amides is 1. The summed E-state index contributed by atoms with van der Waals surface area (Å²) in [6, 6.07) is 16.5. The van der Waals surface area contributed by atoms with E-state index in [-0.39, 0.29) is 17.1 Å². The van der Waals surface area contributed by atoms with Gasteiger partial charge in [-0.1, -0.05) is 56.3 Å². The SMILES string of the molecule is CCN(CC)CCCN1C(=O)c2oc3ccccc3c(=O)c2C1c1ccccc1. The van der Waals surface area contributed by atoms with Crippen LogP contribution in [0.5, 0.6) is 0 Å². The highest BCUT2D eigenvalue weighted by atomic mass is 16.3. The molecule has 5 nitrogen and oxygen atoms in total. The first-order valence-electron chi connectivity index (χ1n) is 10.3. The molecule has 0 spiro atoms. The molecule has 1 aliphatic heterocycles. The summed E-state index contributed by atoms with van der Waals surface area (Å²) in [5, 5.41) is 0.518. The molecule has 2 aromatic carbocycles. The van der Waals surface area contributed by atoms with Gasteiger partial charge in [-0.25, -0.2) is 0 Å². The fourth-order valence-electron chi connectivity index (χ4n) is 4.18. The number of carbonyl (C=O) groups is 1. The standard InChI is InChI=1S/C24H26N2O3/c1-3-25(4-2)15-10-16-26-21(17-11-6-5-7-12-17)20-22(27)18-13-8-9-14-19(18)29-23(20)24(26)28/h5-9,11-14,21H,3-4,10,15-16H2,1-2H3. The zero-order chi connectivity index (χ0) is 20.4. The molecule has 1 amide bonds. The van der Waals surface area contributed by atoms with E-state index in [9.17, 15) is 9.59 Å². The van der Waals surface area contributed by atoms with E-state index in [2.05, 4.69) is 18.7 Å². The van der Waals surface area contributed by atoms with E-state index in [1.54, 1.807) is 17.0 Å². The number of nitrogens with zero attached hydrogens (tertiary/aromatic N) is 2. The first-order valence-corrected chi connectivity index (χ1v) is 10.3. The largest absolute Gasteiger partial charge is 0.450 e. The van der Waals surface area contributed by atoms with Gasteiger partial charge in [-0.3, -0.25) is 9.59 Å². The van der Waals surface area contributed by atoms with E-state index in [0.29, 0.717) is 23.1 Å². The minimum Gasteiger partial charge on any atom is -0.450 e. The van der Waals surface area contributed by atoms with Crippen molar-refractivity contribution in [2.24, 2.45) is 0 Å². The fraction of sp³-hybridized carbons (Fsp3) is 0.333. The molecule has 29 heavy (non-hydrogen) atoms. The van der Waals surface area contributed by atoms with E-state index in [1.165, 1.54) is 0 Å². The van der Waals surface area contributed by atoms with E-state index >= 15 is 0 Å². The van der Waals surface area contributed by atoms with Crippen molar-refractivity contribution in [3.05, 3.63) is 81.7 Å². The quantitative estimate of drug-likeness (QED) is 0.610. The van der Waals surface area contributed by atoms with Gasteiger partial charge in [0, 0.05) is 6.54 Å². The van der Waals surface area contributed by atoms with Crippen LogP contribution in [-0.2, 0) is 0 Å². The Hall–Kier alpha value is -2.92. The number of rotatable bonds is 7. The molecule has 5 heteroatoms. The maximum atomic E-state index is 13.3. The average Bonchev–Trinajstić information content (AvgIpc) is 3.04. The second-order valence-corrected chi connectivity index (χ2v) is 7.36. The first kappa shape index (κ1) is 19.4. The minimum absolute atomic E-state index is 0.115. The third-order valence-electron chi connectivity index (χ3n) is 5.76. The number of para-hydroxylation sites is 1. The lowest BCUT2D eigenvalue weighted by Gasteiger charge is -2.26. The molecule has 0 aliphatic carbocycles. The van der Waals surface area contributed by atoms with Crippen LogP contribution in [0.2, 0.25) is 0 Å². The van der Waals surface area contributed by atoms with E-state index in [0.717, 1.165) is 31.6 Å². The van der Waals surface area contributed by atoms with Gasteiger partial charge in [-0.2, -0.15) is 0 Å². The van der Waals surface area contributed by atoms with Crippen molar-refractivity contribution in [2.75, 3.05) is 26.2 Å². The van der Waals surface area contributed by atoms with Crippen LogP contribution in [0, 0.1) is 0 Å². The molecule has 0 bridgehead atoms. The van der Waals surface area contributed by atoms with Crippen LogP contribution in [-0.4, -0.2) is 41.9 Å². The molecular formula is C24H26N2O3. The van der Waals surface area contributed by atoms with Gasteiger partial charge in [0.25, 0.3) is 5.91 Å². The summed E-state index contributed by atoms with van der Waals surface area (Å²) < 4.78 is 5.95. The molecular weight excluding hydrogens is 364 g/mol. The Labute approximate surface area is 170 Å². The second-order valence-electron chi connectivity index (χ2n) is 7.36. The predicted molar refractivity (Wildman–Crippen MR) is 114 cm³/mol. The lowest BCUT2D eigenvalue weighted by atomic mass is 9.98. The predicted octanol–water partition coefficient (Wildman–Crippen LogP) is 4.07. The molecule has 4 rings (SSSR count). The van der Waals surface area contributed by atoms with Crippen molar-refractivity contribution in [2.45, 2.75) is 26.3 Å². The van der Waals surface area contributed by atoms with Crippen LogP contribution in [0.15, 0.2) is 63.8 Å². The van der Waals surface area contributed by atoms with Gasteiger partial charge in [0.05, 0.1) is 17.0 Å². The summed E-state index contributed by atoms with van der Waals surface area (Å²) in [7, 11) is 0. The Balaban J connectivity index is 1.77. The van der Waals surface area contributed by atoms with Crippen LogP contribution in [0.3, 0.4) is 0 Å². The normalized spacial score (nSPS) is 16.0. The van der Waals surface area contributed by atoms with Crippen molar-refractivity contribution in [3.8, 4) is 0 Å². The van der Waals surface area contributed by atoms with Crippen molar-refractivity contribution in [1.29, 1.82) is 0 Å². The molecule has 0 saturated heterocycles. The molecule has 0 fully saturated rings. The van der Waals surface area contributed by atoms with Gasteiger partial charge < -0.3 is 14.2 Å². The summed E-state index contributed by atoms with van der Waals surface area (Å²) in [4.78, 5) is 30.7. The summed E-state index contributed by atoms with van der Waals surface area (Å²) in [5.74, 6) is -0.0124. The Morgan fingerprint density at radius 3 is 2.38 bits per heavy atom. The highest BCUT2D eigenvalue weighted by Gasteiger charge is 2.42. The average molecular weight is 390 g/mol. The van der Waals surface area contributed by atoms with Crippen LogP contribution >= 0.6 is 0 Å². The molecule has 150 valence electrons. The van der Waals surface area contributed by atoms with E-state index < -0.39 is 6.04 Å². The topological polar surface area (TPSA) is 53.8 Å². The van der Waals surface area contributed by atoms with Gasteiger partial charge in [-0.15, -0.1) is 0 Å². The minimum atomic E-state index is -0.406. The van der Waals surface area contributed by atoms with E-state index in [1.807, 2.05) is 42.5 Å². The van der Waals surface area contributed by atoms with Gasteiger partial charge in [0.1, 0.15) is 5.58 Å². The molecule has 1 unspecified atom stereocenters. The maximum absolute atomic E-state index is 13.3. The summed E-state index contributed by atoms with van der Waals surface area (Å²) in [5.41, 5.74) is 1.74. The Bertz CT molecular complexity index is 1070. The Morgan fingerprint density at radius 2 is 1.66 bits per heavy atom. The van der Waals surface area contributed by atoms with Crippen molar-refractivity contribution < 1.29 is 9.21 Å². The lowest BCUT2D eigenvalue weighted by Crippen LogP contribution is -2.33. The molecule has 2 heterocycles. The van der Waals surface area contributed by atoms with Crippen molar-refractivity contribution >= 4 is 16.9 Å². The van der Waals surface area contributed by atoms with Gasteiger partial charge in [-0.05, 0) is 43.8 Å². The number of hydrogen-bond donors (Lipinski definition) is 0. The Kier molecular flexibility index (Phi) is 5.49. The van der Waals surface area contributed by atoms with Gasteiger partial charge >= 0.3 is 0 Å². The van der Waals surface area contributed by atoms with Crippen LogP contribution in [0.1, 0.15) is 48.0 Å². The first-order chi connectivity index (χ1) is 14.2. The number of fused-ring (bicyclic) bond motifs is 2. The third-order valence-corrected chi connectivity index (χ3v) is 5.76. The van der Waals surface area contributed by atoms with Gasteiger partial charge in [0.2, 0.25) is 5.76 Å². The zero-order valence-electron chi connectivity index (χ0n) is 16.9. The lowest BCUT2D eigenvalue weighted by molar-refractivity contribution is 0.0720. The number of benzene rings is 2. The van der Waals surface area contributed by atoms with Crippen molar-refractivity contribution in [3.63, 3.8) is 0 Å². The molecule has 1 atom stereocenters. The molecule has 3 aromatic rings. The monoisotopic (exact) mass is 390 g/mol. The Morgan fingerprint density at radius 1 is 0.966 bits per heavy atom. The number of hydrogen-bond acceptors (Lipinski definition) is 4. The summed E-state index contributed by atoms with van der Waals surface area (Å²) in [6.45, 7) is 7.74. The van der Waals surface area contributed by atoms with Crippen LogP contribution in [0.25, 0.3) is 11.0 Å². The second kappa shape index (κ2) is 8.21. The van der Waals surface area contributed by atoms with Crippen molar-refractivity contribution in [1.82, 2.24) is 9.80 Å². The molecule has 0 radical (unpaired) electrons. The molecule has 0 N–H and O–H groups in total.